The van der Waals surface area contributed by atoms with Crippen LogP contribution in [0.5, 0.6) is 0 Å². The van der Waals surface area contributed by atoms with Crippen molar-refractivity contribution in [1.82, 2.24) is 5.32 Å². The van der Waals surface area contributed by atoms with E-state index in [1.54, 1.807) is 0 Å². The Bertz CT molecular complexity index is 145. The number of rotatable bonds is 5. The lowest BCUT2D eigenvalue weighted by molar-refractivity contribution is 0.228. The molecule has 0 unspecified atom stereocenters. The van der Waals surface area contributed by atoms with Gasteiger partial charge >= 0.3 is 0 Å². The molecule has 0 bridgehead atoms. The van der Waals surface area contributed by atoms with Crippen LogP contribution in [0.2, 0.25) is 0 Å². The second kappa shape index (κ2) is 4.54. The third-order valence-electron chi connectivity index (χ3n) is 2.99. The van der Waals surface area contributed by atoms with Crippen LogP contribution in [0.3, 0.4) is 0 Å². The smallest absolute Gasteiger partial charge is 0.00312 e. The molecule has 1 N–H and O–H groups in total. The molecule has 0 aliphatic carbocycles. The number of allylic oxidation sites excluding steroid dienone is 1. The summed E-state index contributed by atoms with van der Waals surface area (Å²) in [5.74, 6) is 0.738. The summed E-state index contributed by atoms with van der Waals surface area (Å²) in [4.78, 5) is 0. The van der Waals surface area contributed by atoms with Crippen molar-refractivity contribution in [3.8, 4) is 0 Å². The largest absolute Gasteiger partial charge is 0.392 e. The molecule has 1 nitrogen and oxygen atoms in total. The molecule has 0 radical (unpaired) electrons. The van der Waals surface area contributed by atoms with Crippen LogP contribution in [0.15, 0.2) is 12.3 Å². The second-order valence-electron chi connectivity index (χ2n) is 4.50. The summed E-state index contributed by atoms with van der Waals surface area (Å²) in [7, 11) is 1.94. The van der Waals surface area contributed by atoms with Crippen LogP contribution in [0.4, 0.5) is 0 Å². The first-order valence-electron chi connectivity index (χ1n) is 4.75. The lowest BCUT2D eigenvalue weighted by Crippen LogP contribution is -2.20. The minimum absolute atomic E-state index is 0.430. The van der Waals surface area contributed by atoms with E-state index in [1.165, 1.54) is 6.42 Å². The summed E-state index contributed by atoms with van der Waals surface area (Å²) in [6, 6.07) is 0. The quantitative estimate of drug-likeness (QED) is 0.666. The van der Waals surface area contributed by atoms with Crippen molar-refractivity contribution in [2.24, 2.45) is 11.3 Å². The van der Waals surface area contributed by atoms with Crippen LogP contribution in [0.25, 0.3) is 0 Å². The van der Waals surface area contributed by atoms with E-state index in [-0.39, 0.29) is 0 Å². The normalized spacial score (nSPS) is 11.8. The first-order valence-corrected chi connectivity index (χ1v) is 4.75. The fourth-order valence-corrected chi connectivity index (χ4v) is 0.887. The Kier molecular flexibility index (Phi) is 4.36. The van der Waals surface area contributed by atoms with Gasteiger partial charge < -0.3 is 5.32 Å². The van der Waals surface area contributed by atoms with Crippen molar-refractivity contribution < 1.29 is 0 Å². The molecular formula is C11H23N. The van der Waals surface area contributed by atoms with E-state index in [1.807, 2.05) is 7.05 Å². The molecule has 0 aromatic rings. The Balaban J connectivity index is 3.83. The van der Waals surface area contributed by atoms with E-state index in [0.717, 1.165) is 18.0 Å². The van der Waals surface area contributed by atoms with Gasteiger partial charge in [-0.2, -0.15) is 0 Å². The third-order valence-corrected chi connectivity index (χ3v) is 2.99. The zero-order chi connectivity index (χ0) is 9.78. The predicted octanol–water partition coefficient (Wildman–Crippen LogP) is 3.18. The second-order valence-corrected chi connectivity index (χ2v) is 4.50. The minimum atomic E-state index is 0.430. The molecule has 72 valence electrons. The Morgan fingerprint density at radius 1 is 1.42 bits per heavy atom. The van der Waals surface area contributed by atoms with E-state index in [2.05, 4.69) is 39.6 Å². The topological polar surface area (TPSA) is 12.0 Å². The molecule has 0 heterocycles. The van der Waals surface area contributed by atoms with Crippen LogP contribution in [-0.2, 0) is 0 Å². The summed E-state index contributed by atoms with van der Waals surface area (Å²) in [6.45, 7) is 13.1. The van der Waals surface area contributed by atoms with Gasteiger partial charge in [-0.05, 0) is 24.2 Å². The van der Waals surface area contributed by atoms with Gasteiger partial charge in [-0.25, -0.2) is 0 Å². The number of nitrogens with one attached hydrogen (secondary N) is 1. The highest BCUT2D eigenvalue weighted by Gasteiger charge is 2.21. The molecule has 12 heavy (non-hydrogen) atoms. The molecule has 0 saturated carbocycles. The maximum atomic E-state index is 3.92. The summed E-state index contributed by atoms with van der Waals surface area (Å²) >= 11 is 0. The van der Waals surface area contributed by atoms with E-state index < -0.39 is 0 Å². The van der Waals surface area contributed by atoms with Crippen molar-refractivity contribution in [3.05, 3.63) is 12.3 Å². The fourth-order valence-electron chi connectivity index (χ4n) is 0.887. The maximum absolute atomic E-state index is 3.92. The lowest BCUT2D eigenvalue weighted by atomic mass is 9.77. The van der Waals surface area contributed by atoms with Gasteiger partial charge in [0.1, 0.15) is 0 Å². The highest BCUT2D eigenvalue weighted by Crippen LogP contribution is 2.31. The molecule has 0 aliphatic heterocycles. The Labute approximate surface area is 77.2 Å². The van der Waals surface area contributed by atoms with Crippen molar-refractivity contribution in [2.75, 3.05) is 7.05 Å². The highest BCUT2D eigenvalue weighted by atomic mass is 14.8. The monoisotopic (exact) mass is 169 g/mol. The van der Waals surface area contributed by atoms with E-state index >= 15 is 0 Å². The molecule has 0 atom stereocenters. The van der Waals surface area contributed by atoms with E-state index in [0.29, 0.717) is 5.41 Å². The van der Waals surface area contributed by atoms with Crippen molar-refractivity contribution in [3.63, 3.8) is 0 Å². The Morgan fingerprint density at radius 2 is 1.92 bits per heavy atom. The van der Waals surface area contributed by atoms with Crippen molar-refractivity contribution in [2.45, 2.75) is 40.5 Å². The zero-order valence-electron chi connectivity index (χ0n) is 9.20. The van der Waals surface area contributed by atoms with E-state index in [4.69, 9.17) is 0 Å². The Morgan fingerprint density at radius 3 is 2.25 bits per heavy atom. The molecule has 0 spiro atoms. The van der Waals surface area contributed by atoms with Gasteiger partial charge in [0.2, 0.25) is 0 Å². The molecule has 0 rings (SSSR count). The average Bonchev–Trinajstić information content (AvgIpc) is 2.00. The van der Waals surface area contributed by atoms with Gasteiger partial charge in [-0.1, -0.05) is 34.3 Å². The molecular weight excluding hydrogens is 146 g/mol. The predicted molar refractivity (Wildman–Crippen MR) is 56.1 cm³/mol. The molecule has 1 heteroatoms. The minimum Gasteiger partial charge on any atom is -0.392 e. The van der Waals surface area contributed by atoms with Gasteiger partial charge in [0, 0.05) is 12.7 Å². The Hall–Kier alpha value is -0.460. The third kappa shape index (κ3) is 3.80. The molecule has 0 saturated heterocycles. The summed E-state index contributed by atoms with van der Waals surface area (Å²) < 4.78 is 0. The number of hydrogen-bond donors (Lipinski definition) is 1. The van der Waals surface area contributed by atoms with Crippen molar-refractivity contribution >= 4 is 0 Å². The fraction of sp³-hybridized carbons (Fsp3) is 0.818. The summed E-state index contributed by atoms with van der Waals surface area (Å²) in [5, 5.41) is 3.08. The molecule has 0 aromatic carbocycles. The SMILES string of the molecule is C=C(CCC(C)(C)C(C)C)NC. The standard InChI is InChI=1S/C11H23N/c1-9(2)11(4,5)8-7-10(3)12-6/h9,12H,3,7-8H2,1-2,4-6H3. The summed E-state index contributed by atoms with van der Waals surface area (Å²) in [5.41, 5.74) is 1.57. The van der Waals surface area contributed by atoms with E-state index in [9.17, 15) is 0 Å². The zero-order valence-corrected chi connectivity index (χ0v) is 9.20. The van der Waals surface area contributed by atoms with Crippen LogP contribution in [0, 0.1) is 11.3 Å². The first kappa shape index (κ1) is 11.5. The van der Waals surface area contributed by atoms with Crippen LogP contribution in [-0.4, -0.2) is 7.05 Å². The molecule has 0 aliphatic rings. The van der Waals surface area contributed by atoms with Gasteiger partial charge in [0.05, 0.1) is 0 Å². The maximum Gasteiger partial charge on any atom is 0.00312 e. The first-order chi connectivity index (χ1) is 5.40. The number of hydrogen-bond acceptors (Lipinski definition) is 1. The van der Waals surface area contributed by atoms with Gasteiger partial charge in [0.25, 0.3) is 0 Å². The van der Waals surface area contributed by atoms with Gasteiger partial charge in [-0.3, -0.25) is 0 Å². The van der Waals surface area contributed by atoms with Crippen LogP contribution >= 0.6 is 0 Å². The molecule has 0 fully saturated rings. The van der Waals surface area contributed by atoms with Crippen molar-refractivity contribution in [1.29, 1.82) is 0 Å². The molecule has 0 aromatic heterocycles. The van der Waals surface area contributed by atoms with Crippen LogP contribution in [0.1, 0.15) is 40.5 Å². The van der Waals surface area contributed by atoms with Gasteiger partial charge in [-0.15, -0.1) is 0 Å². The summed E-state index contributed by atoms with van der Waals surface area (Å²) in [6.07, 6.45) is 2.30. The average molecular weight is 169 g/mol. The van der Waals surface area contributed by atoms with Gasteiger partial charge in [0.15, 0.2) is 0 Å². The van der Waals surface area contributed by atoms with Crippen LogP contribution < -0.4 is 5.32 Å². The lowest BCUT2D eigenvalue weighted by Gasteiger charge is -2.29. The highest BCUT2D eigenvalue weighted by molar-refractivity contribution is 4.91. The molecule has 0 amide bonds.